The molecule has 6 nitrogen and oxygen atoms in total. The molecule has 0 saturated heterocycles. The second kappa shape index (κ2) is 5.57. The van der Waals surface area contributed by atoms with Crippen LogP contribution in [0.3, 0.4) is 0 Å². The second-order valence-electron chi connectivity index (χ2n) is 4.75. The lowest BCUT2D eigenvalue weighted by Gasteiger charge is -2.19. The van der Waals surface area contributed by atoms with Gasteiger partial charge in [-0.3, -0.25) is 0 Å². The highest BCUT2D eigenvalue weighted by atomic mass is 16.4. The van der Waals surface area contributed by atoms with Crippen molar-refractivity contribution in [3.05, 3.63) is 17.5 Å². The summed E-state index contributed by atoms with van der Waals surface area (Å²) >= 11 is 0. The van der Waals surface area contributed by atoms with Gasteiger partial charge in [0, 0.05) is 19.3 Å². The first-order valence-electron chi connectivity index (χ1n) is 5.76. The summed E-state index contributed by atoms with van der Waals surface area (Å²) in [6.07, 6.45) is 0. The molecule has 6 heteroatoms. The summed E-state index contributed by atoms with van der Waals surface area (Å²) in [4.78, 5) is 27.0. The Morgan fingerprint density at radius 3 is 2.61 bits per heavy atom. The van der Waals surface area contributed by atoms with E-state index >= 15 is 0 Å². The summed E-state index contributed by atoms with van der Waals surface area (Å²) < 4.78 is 0. The Hall–Kier alpha value is -1.98. The average molecular weight is 253 g/mol. The van der Waals surface area contributed by atoms with E-state index in [0.29, 0.717) is 23.8 Å². The van der Waals surface area contributed by atoms with Gasteiger partial charge in [0.15, 0.2) is 0 Å². The molecule has 0 aliphatic carbocycles. The first kappa shape index (κ1) is 14.1. The number of aryl methyl sites for hydroxylation is 1. The predicted octanol–water partition coefficient (Wildman–Crippen LogP) is 2.14. The summed E-state index contributed by atoms with van der Waals surface area (Å²) in [7, 11) is 1.68. The van der Waals surface area contributed by atoms with Gasteiger partial charge in [-0.05, 0) is 18.9 Å². The SMILES string of the molecule is Cc1cc(NC(=O)N(C)CC(C)C)c(C(=O)O)[nH]1. The van der Waals surface area contributed by atoms with Crippen LogP contribution in [0.1, 0.15) is 30.0 Å². The molecule has 0 saturated carbocycles. The largest absolute Gasteiger partial charge is 0.477 e. The third-order valence-electron chi connectivity index (χ3n) is 2.39. The number of carboxylic acid groups (broad SMARTS) is 1. The molecular weight excluding hydrogens is 234 g/mol. The van der Waals surface area contributed by atoms with Gasteiger partial charge < -0.3 is 20.3 Å². The van der Waals surface area contributed by atoms with Gasteiger partial charge in [-0.25, -0.2) is 9.59 Å². The second-order valence-corrected chi connectivity index (χ2v) is 4.75. The summed E-state index contributed by atoms with van der Waals surface area (Å²) in [6, 6.07) is 1.29. The van der Waals surface area contributed by atoms with Crippen LogP contribution in [0.5, 0.6) is 0 Å². The average Bonchev–Trinajstić information content (AvgIpc) is 2.58. The van der Waals surface area contributed by atoms with Crippen LogP contribution in [-0.4, -0.2) is 40.6 Å². The number of hydrogen-bond donors (Lipinski definition) is 3. The molecule has 18 heavy (non-hydrogen) atoms. The van der Waals surface area contributed by atoms with Crippen LogP contribution < -0.4 is 5.32 Å². The molecule has 0 fully saturated rings. The van der Waals surface area contributed by atoms with Crippen molar-refractivity contribution < 1.29 is 14.7 Å². The van der Waals surface area contributed by atoms with Gasteiger partial charge in [-0.15, -0.1) is 0 Å². The van der Waals surface area contributed by atoms with E-state index in [4.69, 9.17) is 5.11 Å². The first-order valence-corrected chi connectivity index (χ1v) is 5.76. The number of carbonyl (C=O) groups excluding carboxylic acids is 1. The number of H-pyrrole nitrogens is 1. The third kappa shape index (κ3) is 3.51. The molecular formula is C12H19N3O3. The van der Waals surface area contributed by atoms with Crippen LogP contribution in [0.2, 0.25) is 0 Å². The number of carboxylic acids is 1. The van der Waals surface area contributed by atoms with Crippen molar-refractivity contribution in [3.8, 4) is 0 Å². The van der Waals surface area contributed by atoms with Crippen molar-refractivity contribution >= 4 is 17.7 Å². The zero-order valence-corrected chi connectivity index (χ0v) is 11.1. The standard InChI is InChI=1S/C12H19N3O3/c1-7(2)6-15(4)12(18)14-9-5-8(3)13-10(9)11(16)17/h5,7,13H,6H2,1-4H3,(H,14,18)(H,16,17). The van der Waals surface area contributed by atoms with E-state index in [-0.39, 0.29) is 11.7 Å². The van der Waals surface area contributed by atoms with Crippen LogP contribution in [0, 0.1) is 12.8 Å². The van der Waals surface area contributed by atoms with Crippen LogP contribution >= 0.6 is 0 Å². The highest BCUT2D eigenvalue weighted by Gasteiger charge is 2.17. The minimum Gasteiger partial charge on any atom is -0.477 e. The molecule has 1 aromatic heterocycles. The fraction of sp³-hybridized carbons (Fsp3) is 0.500. The number of nitrogens with zero attached hydrogens (tertiary/aromatic N) is 1. The van der Waals surface area contributed by atoms with Crippen molar-refractivity contribution in [2.24, 2.45) is 5.92 Å². The summed E-state index contributed by atoms with van der Waals surface area (Å²) in [6.45, 7) is 6.36. The number of amides is 2. The number of hydrogen-bond acceptors (Lipinski definition) is 2. The Balaban J connectivity index is 2.78. The Bertz CT molecular complexity index is 451. The molecule has 1 heterocycles. The molecule has 3 N–H and O–H groups in total. The quantitative estimate of drug-likeness (QED) is 0.768. The molecule has 0 aromatic carbocycles. The molecule has 0 bridgehead atoms. The molecule has 0 aliphatic heterocycles. The van der Waals surface area contributed by atoms with Crippen molar-refractivity contribution in [2.75, 3.05) is 18.9 Å². The molecule has 0 unspecified atom stereocenters. The van der Waals surface area contributed by atoms with Gasteiger partial charge >= 0.3 is 12.0 Å². The predicted molar refractivity (Wildman–Crippen MR) is 69.0 cm³/mol. The van der Waals surface area contributed by atoms with Gasteiger partial charge in [-0.1, -0.05) is 13.8 Å². The molecule has 0 aliphatic rings. The Kier molecular flexibility index (Phi) is 4.36. The van der Waals surface area contributed by atoms with Crippen LogP contribution in [-0.2, 0) is 0 Å². The number of aromatic carboxylic acids is 1. The van der Waals surface area contributed by atoms with Crippen molar-refractivity contribution in [1.29, 1.82) is 0 Å². The molecule has 0 radical (unpaired) electrons. The third-order valence-corrected chi connectivity index (χ3v) is 2.39. The highest BCUT2D eigenvalue weighted by Crippen LogP contribution is 2.17. The Labute approximate surface area is 106 Å². The highest BCUT2D eigenvalue weighted by molar-refractivity contribution is 5.99. The number of anilines is 1. The Morgan fingerprint density at radius 2 is 2.11 bits per heavy atom. The van der Waals surface area contributed by atoms with E-state index in [9.17, 15) is 9.59 Å². The van der Waals surface area contributed by atoms with Crippen molar-refractivity contribution in [3.63, 3.8) is 0 Å². The maximum Gasteiger partial charge on any atom is 0.354 e. The zero-order valence-electron chi connectivity index (χ0n) is 11.1. The molecule has 0 spiro atoms. The maximum atomic E-state index is 11.8. The summed E-state index contributed by atoms with van der Waals surface area (Å²) in [5.41, 5.74) is 0.980. The Morgan fingerprint density at radius 1 is 1.50 bits per heavy atom. The van der Waals surface area contributed by atoms with E-state index < -0.39 is 5.97 Å². The number of nitrogens with one attached hydrogen (secondary N) is 2. The lowest BCUT2D eigenvalue weighted by atomic mass is 10.2. The van der Waals surface area contributed by atoms with E-state index in [1.165, 1.54) is 4.90 Å². The van der Waals surface area contributed by atoms with E-state index in [2.05, 4.69) is 10.3 Å². The fourth-order valence-corrected chi connectivity index (χ4v) is 1.70. The van der Waals surface area contributed by atoms with Crippen molar-refractivity contribution in [2.45, 2.75) is 20.8 Å². The monoisotopic (exact) mass is 253 g/mol. The number of rotatable bonds is 4. The molecule has 1 rings (SSSR count). The zero-order chi connectivity index (χ0) is 13.9. The van der Waals surface area contributed by atoms with Crippen LogP contribution in [0.15, 0.2) is 6.07 Å². The lowest BCUT2D eigenvalue weighted by molar-refractivity contribution is 0.0692. The smallest absolute Gasteiger partial charge is 0.354 e. The van der Waals surface area contributed by atoms with Gasteiger partial charge in [0.25, 0.3) is 0 Å². The molecule has 100 valence electrons. The summed E-state index contributed by atoms with van der Waals surface area (Å²) in [5.74, 6) is -0.738. The van der Waals surface area contributed by atoms with Gasteiger partial charge in [0.1, 0.15) is 5.69 Å². The molecule has 1 aromatic rings. The summed E-state index contributed by atoms with van der Waals surface area (Å²) in [5, 5.41) is 11.6. The minimum absolute atomic E-state index is 0.00111. The van der Waals surface area contributed by atoms with E-state index in [1.807, 2.05) is 13.8 Å². The molecule has 2 amide bonds. The van der Waals surface area contributed by atoms with E-state index in [1.54, 1.807) is 20.0 Å². The number of carbonyl (C=O) groups is 2. The number of aromatic nitrogens is 1. The topological polar surface area (TPSA) is 85.4 Å². The minimum atomic E-state index is -1.09. The van der Waals surface area contributed by atoms with E-state index in [0.717, 1.165) is 0 Å². The lowest BCUT2D eigenvalue weighted by Crippen LogP contribution is -2.34. The number of urea groups is 1. The maximum absolute atomic E-state index is 11.8. The fourth-order valence-electron chi connectivity index (χ4n) is 1.70. The normalized spacial score (nSPS) is 10.5. The van der Waals surface area contributed by atoms with Crippen LogP contribution in [0.4, 0.5) is 10.5 Å². The van der Waals surface area contributed by atoms with Gasteiger partial charge in [0.2, 0.25) is 0 Å². The number of aromatic amines is 1. The van der Waals surface area contributed by atoms with Crippen molar-refractivity contribution in [1.82, 2.24) is 9.88 Å². The first-order chi connectivity index (χ1) is 8.31. The van der Waals surface area contributed by atoms with Gasteiger partial charge in [0.05, 0.1) is 5.69 Å². The van der Waals surface area contributed by atoms with Crippen LogP contribution in [0.25, 0.3) is 0 Å². The van der Waals surface area contributed by atoms with Gasteiger partial charge in [-0.2, -0.15) is 0 Å². The molecule has 0 atom stereocenters.